The molecule has 1 saturated heterocycles. The van der Waals surface area contributed by atoms with Crippen LogP contribution >= 0.6 is 0 Å². The Morgan fingerprint density at radius 1 is 1.23 bits per heavy atom. The summed E-state index contributed by atoms with van der Waals surface area (Å²) in [5, 5.41) is 14.9. The summed E-state index contributed by atoms with van der Waals surface area (Å²) in [6.45, 7) is 2.48. The van der Waals surface area contributed by atoms with Gasteiger partial charge in [-0.3, -0.25) is 4.79 Å². The van der Waals surface area contributed by atoms with Gasteiger partial charge in [-0.25, -0.2) is 9.78 Å². The van der Waals surface area contributed by atoms with E-state index in [0.29, 0.717) is 5.88 Å². The number of fused-ring (bicyclic) bond motifs is 3. The molecule has 0 spiro atoms. The number of rotatable bonds is 1. The van der Waals surface area contributed by atoms with Crippen LogP contribution in [0.3, 0.4) is 0 Å². The Bertz CT molecular complexity index is 948. The van der Waals surface area contributed by atoms with Crippen LogP contribution in [0.1, 0.15) is 51.0 Å². The van der Waals surface area contributed by atoms with E-state index in [1.54, 1.807) is 6.20 Å². The zero-order valence-corrected chi connectivity index (χ0v) is 18.0. The van der Waals surface area contributed by atoms with Gasteiger partial charge in [0.05, 0.1) is 13.1 Å². The predicted octanol–water partition coefficient (Wildman–Crippen LogP) is 3.15. The first-order valence-corrected chi connectivity index (χ1v) is 11.3. The number of aromatic nitrogens is 1. The SMILES string of the molecule is CC1CCCCCCc2ccc3ccnc(c3c2)O[C@@H]2C[C@@H](C(=O)O)N(C2)C(=O)CN1. The molecule has 1 aromatic heterocycles. The van der Waals surface area contributed by atoms with E-state index in [0.717, 1.165) is 36.5 Å². The van der Waals surface area contributed by atoms with Crippen LogP contribution in [-0.4, -0.2) is 58.1 Å². The van der Waals surface area contributed by atoms with Gasteiger partial charge in [0, 0.05) is 24.0 Å². The molecule has 1 amide bonds. The van der Waals surface area contributed by atoms with Crippen LogP contribution in [0.25, 0.3) is 10.8 Å². The molecule has 3 heterocycles. The van der Waals surface area contributed by atoms with E-state index in [1.165, 1.54) is 23.3 Å². The van der Waals surface area contributed by atoms with Gasteiger partial charge in [0.25, 0.3) is 0 Å². The Hall–Kier alpha value is -2.67. The van der Waals surface area contributed by atoms with Crippen molar-refractivity contribution in [2.45, 2.75) is 70.1 Å². The largest absolute Gasteiger partial charge is 0.480 e. The first kappa shape index (κ1) is 21.6. The van der Waals surface area contributed by atoms with Crippen molar-refractivity contribution in [1.29, 1.82) is 0 Å². The summed E-state index contributed by atoms with van der Waals surface area (Å²) in [4.78, 5) is 30.5. The summed E-state index contributed by atoms with van der Waals surface area (Å²) < 4.78 is 6.18. The second-order valence-electron chi connectivity index (χ2n) is 8.78. The summed E-state index contributed by atoms with van der Waals surface area (Å²) in [7, 11) is 0. The molecule has 4 rings (SSSR count). The van der Waals surface area contributed by atoms with E-state index in [1.807, 2.05) is 6.07 Å². The smallest absolute Gasteiger partial charge is 0.326 e. The maximum atomic E-state index is 12.8. The lowest BCUT2D eigenvalue weighted by molar-refractivity contribution is -0.147. The van der Waals surface area contributed by atoms with E-state index in [9.17, 15) is 14.7 Å². The van der Waals surface area contributed by atoms with Crippen LogP contribution in [-0.2, 0) is 16.0 Å². The highest BCUT2D eigenvalue weighted by Crippen LogP contribution is 2.29. The van der Waals surface area contributed by atoms with E-state index >= 15 is 0 Å². The van der Waals surface area contributed by atoms with Gasteiger partial charge in [-0.2, -0.15) is 0 Å². The van der Waals surface area contributed by atoms with Crippen molar-refractivity contribution in [3.8, 4) is 5.88 Å². The van der Waals surface area contributed by atoms with Crippen LogP contribution in [0, 0.1) is 0 Å². The number of ether oxygens (including phenoxy) is 1. The van der Waals surface area contributed by atoms with Crippen molar-refractivity contribution in [3.63, 3.8) is 0 Å². The third kappa shape index (κ3) is 5.15. The van der Waals surface area contributed by atoms with E-state index < -0.39 is 18.1 Å². The van der Waals surface area contributed by atoms with Gasteiger partial charge in [-0.1, -0.05) is 31.4 Å². The molecule has 7 heteroatoms. The van der Waals surface area contributed by atoms with Gasteiger partial charge < -0.3 is 20.1 Å². The quantitative estimate of drug-likeness (QED) is 0.729. The molecule has 0 saturated carbocycles. The van der Waals surface area contributed by atoms with Gasteiger partial charge in [-0.05, 0) is 49.3 Å². The first-order valence-electron chi connectivity index (χ1n) is 11.3. The van der Waals surface area contributed by atoms with Crippen molar-refractivity contribution >= 4 is 22.6 Å². The molecule has 7 nitrogen and oxygen atoms in total. The van der Waals surface area contributed by atoms with Gasteiger partial charge >= 0.3 is 5.97 Å². The lowest BCUT2D eigenvalue weighted by Crippen LogP contribution is -2.46. The molecule has 31 heavy (non-hydrogen) atoms. The number of nitrogens with zero attached hydrogens (tertiary/aromatic N) is 2. The fourth-order valence-corrected chi connectivity index (χ4v) is 4.59. The van der Waals surface area contributed by atoms with E-state index in [4.69, 9.17) is 4.74 Å². The molecule has 4 bridgehead atoms. The maximum Gasteiger partial charge on any atom is 0.326 e. The van der Waals surface area contributed by atoms with Crippen LogP contribution in [0.2, 0.25) is 0 Å². The molecule has 1 unspecified atom stereocenters. The lowest BCUT2D eigenvalue weighted by atomic mass is 10.0. The third-order valence-electron chi connectivity index (χ3n) is 6.39. The molecule has 1 aromatic carbocycles. The third-order valence-corrected chi connectivity index (χ3v) is 6.39. The topological polar surface area (TPSA) is 91.8 Å². The second kappa shape index (κ2) is 9.64. The molecule has 3 atom stereocenters. The number of hydrogen-bond donors (Lipinski definition) is 2. The number of nitrogens with one attached hydrogen (secondary N) is 1. The minimum atomic E-state index is -0.994. The molecule has 1 fully saturated rings. The highest BCUT2D eigenvalue weighted by molar-refractivity contribution is 5.88. The van der Waals surface area contributed by atoms with Crippen LogP contribution in [0.4, 0.5) is 0 Å². The molecular weight excluding hydrogens is 394 g/mol. The number of hydrogen-bond acceptors (Lipinski definition) is 5. The average Bonchev–Trinajstić information content (AvgIpc) is 3.18. The average molecular weight is 426 g/mol. The maximum absolute atomic E-state index is 12.8. The number of amides is 1. The first-order chi connectivity index (χ1) is 15.0. The van der Waals surface area contributed by atoms with Gasteiger partial charge in [0.1, 0.15) is 12.1 Å². The number of aliphatic carboxylic acids is 1. The predicted molar refractivity (Wildman–Crippen MR) is 118 cm³/mol. The molecule has 2 aliphatic rings. The Morgan fingerprint density at radius 2 is 2.06 bits per heavy atom. The molecule has 0 aliphatic carbocycles. The Morgan fingerprint density at radius 3 is 2.90 bits per heavy atom. The normalized spacial score (nSPS) is 25.8. The number of pyridine rings is 1. The van der Waals surface area contributed by atoms with Crippen molar-refractivity contribution in [1.82, 2.24) is 15.2 Å². The second-order valence-corrected chi connectivity index (χ2v) is 8.78. The Kier molecular flexibility index (Phi) is 6.70. The van der Waals surface area contributed by atoms with Crippen LogP contribution in [0.15, 0.2) is 30.5 Å². The lowest BCUT2D eigenvalue weighted by Gasteiger charge is -2.23. The van der Waals surface area contributed by atoms with Crippen molar-refractivity contribution in [2.24, 2.45) is 0 Å². The fraction of sp³-hybridized carbons (Fsp3) is 0.542. The molecular formula is C24H31N3O4. The van der Waals surface area contributed by atoms with Gasteiger partial charge in [0.2, 0.25) is 11.8 Å². The minimum absolute atomic E-state index is 0.146. The molecule has 2 aliphatic heterocycles. The van der Waals surface area contributed by atoms with Crippen molar-refractivity contribution in [3.05, 3.63) is 36.0 Å². The number of aryl methyl sites for hydroxylation is 1. The summed E-state index contributed by atoms with van der Waals surface area (Å²) in [5.41, 5.74) is 1.26. The highest BCUT2D eigenvalue weighted by Gasteiger charge is 2.41. The number of benzene rings is 1. The van der Waals surface area contributed by atoms with Crippen molar-refractivity contribution < 1.29 is 19.4 Å². The number of carboxylic acid groups (broad SMARTS) is 1. The highest BCUT2D eigenvalue weighted by atomic mass is 16.5. The zero-order valence-electron chi connectivity index (χ0n) is 18.0. The van der Waals surface area contributed by atoms with E-state index in [-0.39, 0.29) is 31.5 Å². The van der Waals surface area contributed by atoms with Gasteiger partial charge in [-0.15, -0.1) is 0 Å². The Labute approximate surface area is 182 Å². The summed E-state index contributed by atoms with van der Waals surface area (Å²) in [6, 6.07) is 7.69. The zero-order chi connectivity index (χ0) is 21.8. The summed E-state index contributed by atoms with van der Waals surface area (Å²) in [6.07, 6.45) is 8.19. The summed E-state index contributed by atoms with van der Waals surface area (Å²) in [5.74, 6) is -0.679. The van der Waals surface area contributed by atoms with Crippen LogP contribution < -0.4 is 10.1 Å². The summed E-state index contributed by atoms with van der Waals surface area (Å²) >= 11 is 0. The molecule has 2 N–H and O–H groups in total. The standard InChI is InChI=1S/C24H31N3O4/c1-16-6-4-2-3-5-7-17-8-9-18-10-11-25-23(20(18)12-17)31-19-13-21(24(29)30)27(15-19)22(28)14-26-16/h8-12,16,19,21,26H,2-7,13-15H2,1H3,(H,29,30)/t16?,19-,21+/m1/s1. The number of carbonyl (C=O) groups excluding carboxylic acids is 1. The number of carbonyl (C=O) groups is 2. The number of carboxylic acids is 1. The molecule has 2 aromatic rings. The molecule has 166 valence electrons. The minimum Gasteiger partial charge on any atom is -0.480 e. The Balaban J connectivity index is 1.61. The fourth-order valence-electron chi connectivity index (χ4n) is 4.59. The molecule has 0 radical (unpaired) electrons. The van der Waals surface area contributed by atoms with Crippen LogP contribution in [0.5, 0.6) is 5.88 Å². The van der Waals surface area contributed by atoms with Gasteiger partial charge in [0.15, 0.2) is 0 Å². The van der Waals surface area contributed by atoms with E-state index in [2.05, 4.69) is 35.4 Å². The van der Waals surface area contributed by atoms with Crippen molar-refractivity contribution in [2.75, 3.05) is 13.1 Å². The monoisotopic (exact) mass is 425 g/mol.